The number of thioether (sulfide) groups is 1. The number of aromatic nitrogens is 1. The fourth-order valence-electron chi connectivity index (χ4n) is 2.93. The van der Waals surface area contributed by atoms with Gasteiger partial charge in [0.2, 0.25) is 15.9 Å². The lowest BCUT2D eigenvalue weighted by molar-refractivity contribution is -0.134. The molecule has 1 amide bonds. The number of rotatable bonds is 10. The number of thiazole rings is 1. The summed E-state index contributed by atoms with van der Waals surface area (Å²) in [7, 11) is -3.41. The number of sulfonamides is 1. The molecule has 7 nitrogen and oxygen atoms in total. The second-order valence-electron chi connectivity index (χ2n) is 6.54. The highest BCUT2D eigenvalue weighted by Gasteiger charge is 2.29. The van der Waals surface area contributed by atoms with Crippen LogP contribution in [-0.2, 0) is 27.8 Å². The van der Waals surface area contributed by atoms with Crippen molar-refractivity contribution < 1.29 is 13.2 Å². The summed E-state index contributed by atoms with van der Waals surface area (Å²) < 4.78 is 26.5. The molecule has 10 heteroatoms. The summed E-state index contributed by atoms with van der Waals surface area (Å²) in [6.07, 6.45) is 3.42. The molecular weight excluding hydrogens is 404 g/mol. The summed E-state index contributed by atoms with van der Waals surface area (Å²) in [5.41, 5.74) is 1.09. The summed E-state index contributed by atoms with van der Waals surface area (Å²) in [6.45, 7) is 7.28. The van der Waals surface area contributed by atoms with Crippen LogP contribution in [0.1, 0.15) is 31.0 Å². The van der Waals surface area contributed by atoms with Crippen molar-refractivity contribution in [2.24, 2.45) is 0 Å². The first kappa shape index (κ1) is 22.6. The van der Waals surface area contributed by atoms with E-state index in [1.165, 1.54) is 0 Å². The zero-order chi connectivity index (χ0) is 19.9. The molecule has 0 radical (unpaired) electrons. The molecular formula is C17H30N4O3S3. The first-order valence-electron chi connectivity index (χ1n) is 9.31. The van der Waals surface area contributed by atoms with Crippen LogP contribution in [0.3, 0.4) is 0 Å². The Morgan fingerprint density at radius 2 is 2.04 bits per heavy atom. The van der Waals surface area contributed by atoms with E-state index in [1.54, 1.807) is 34.9 Å². The molecule has 1 aromatic rings. The van der Waals surface area contributed by atoms with Gasteiger partial charge in [-0.3, -0.25) is 9.69 Å². The van der Waals surface area contributed by atoms with E-state index in [9.17, 15) is 13.2 Å². The third kappa shape index (κ3) is 7.01. The van der Waals surface area contributed by atoms with E-state index in [1.807, 2.05) is 6.26 Å². The highest BCUT2D eigenvalue weighted by atomic mass is 32.2. The van der Waals surface area contributed by atoms with Gasteiger partial charge >= 0.3 is 0 Å². The Hall–Kier alpha value is -0.680. The molecule has 1 saturated heterocycles. The van der Waals surface area contributed by atoms with Gasteiger partial charge in [0.15, 0.2) is 0 Å². The Kier molecular flexibility index (Phi) is 9.00. The van der Waals surface area contributed by atoms with Crippen LogP contribution >= 0.6 is 23.1 Å². The van der Waals surface area contributed by atoms with Gasteiger partial charge in [-0.15, -0.1) is 11.3 Å². The van der Waals surface area contributed by atoms with Crippen LogP contribution in [0.25, 0.3) is 0 Å². The highest BCUT2D eigenvalue weighted by molar-refractivity contribution is 7.98. The molecule has 1 aromatic heterocycles. The Labute approximate surface area is 171 Å². The van der Waals surface area contributed by atoms with E-state index < -0.39 is 16.1 Å². The molecule has 0 aliphatic carbocycles. The summed E-state index contributed by atoms with van der Waals surface area (Å²) in [6, 6.07) is -0.667. The van der Waals surface area contributed by atoms with Crippen LogP contribution < -0.4 is 4.72 Å². The van der Waals surface area contributed by atoms with Crippen LogP contribution in [0.2, 0.25) is 0 Å². The highest BCUT2D eigenvalue weighted by Crippen LogP contribution is 2.15. The van der Waals surface area contributed by atoms with Gasteiger partial charge in [-0.25, -0.2) is 18.1 Å². The largest absolute Gasteiger partial charge is 0.339 e. The van der Waals surface area contributed by atoms with Crippen molar-refractivity contribution in [1.82, 2.24) is 19.5 Å². The maximum Gasteiger partial charge on any atom is 0.240 e. The fraction of sp³-hybridized carbons (Fsp3) is 0.765. The molecule has 2 rings (SSSR count). The predicted octanol–water partition coefficient (Wildman–Crippen LogP) is 1.41. The van der Waals surface area contributed by atoms with Crippen LogP contribution in [0.5, 0.6) is 0 Å². The van der Waals surface area contributed by atoms with Gasteiger partial charge in [0.25, 0.3) is 0 Å². The van der Waals surface area contributed by atoms with Crippen molar-refractivity contribution in [2.45, 2.75) is 39.3 Å². The molecule has 1 fully saturated rings. The molecule has 0 spiro atoms. The van der Waals surface area contributed by atoms with Gasteiger partial charge in [0.05, 0.1) is 16.5 Å². The minimum Gasteiger partial charge on any atom is -0.339 e. The third-order valence-corrected chi connectivity index (χ3v) is 7.67. The Morgan fingerprint density at radius 3 is 2.59 bits per heavy atom. The van der Waals surface area contributed by atoms with E-state index in [2.05, 4.69) is 26.9 Å². The second kappa shape index (κ2) is 10.8. The molecule has 1 aliphatic rings. The molecule has 1 atom stereocenters. The number of amides is 1. The first-order valence-corrected chi connectivity index (χ1v) is 13.2. The normalized spacial score (nSPS) is 17.2. The van der Waals surface area contributed by atoms with E-state index in [0.717, 1.165) is 42.5 Å². The lowest BCUT2D eigenvalue weighted by Gasteiger charge is -2.36. The Balaban J connectivity index is 1.90. The van der Waals surface area contributed by atoms with Gasteiger partial charge in [-0.05, 0) is 31.8 Å². The van der Waals surface area contributed by atoms with Gasteiger partial charge in [-0.1, -0.05) is 6.92 Å². The van der Waals surface area contributed by atoms with E-state index in [0.29, 0.717) is 19.5 Å². The lowest BCUT2D eigenvalue weighted by atomic mass is 10.2. The van der Waals surface area contributed by atoms with Crippen molar-refractivity contribution >= 4 is 39.0 Å². The number of nitrogens with one attached hydrogen (secondary N) is 1. The van der Waals surface area contributed by atoms with E-state index in [4.69, 9.17) is 0 Å². The minimum atomic E-state index is -3.41. The zero-order valence-electron chi connectivity index (χ0n) is 16.3. The molecule has 1 unspecified atom stereocenters. The zero-order valence-corrected chi connectivity index (χ0v) is 18.8. The second-order valence-corrected chi connectivity index (χ2v) is 10.5. The van der Waals surface area contributed by atoms with Crippen molar-refractivity contribution in [3.8, 4) is 0 Å². The van der Waals surface area contributed by atoms with E-state index in [-0.39, 0.29) is 11.7 Å². The maximum atomic E-state index is 12.9. The molecule has 1 N–H and O–H groups in total. The average Bonchev–Trinajstić information content (AvgIpc) is 3.12. The van der Waals surface area contributed by atoms with Gasteiger partial charge in [0, 0.05) is 38.1 Å². The molecule has 2 heterocycles. The van der Waals surface area contributed by atoms with Crippen molar-refractivity contribution in [2.75, 3.05) is 43.9 Å². The molecule has 1 aliphatic heterocycles. The molecule has 154 valence electrons. The van der Waals surface area contributed by atoms with Crippen molar-refractivity contribution in [3.63, 3.8) is 0 Å². The standard InChI is InChI=1S/C17H30N4O3S3/c1-4-16-18-14(13-26-16)12-20-7-9-21(10-8-20)17(22)15(6-11-25-3)19-27(23,24)5-2/h13,15,19H,4-12H2,1-3H3. The van der Waals surface area contributed by atoms with Crippen LogP contribution in [0, 0.1) is 0 Å². The van der Waals surface area contributed by atoms with Gasteiger partial charge in [0.1, 0.15) is 6.04 Å². The van der Waals surface area contributed by atoms with Crippen LogP contribution in [0.4, 0.5) is 0 Å². The number of aryl methyl sites for hydroxylation is 1. The van der Waals surface area contributed by atoms with Gasteiger partial charge < -0.3 is 4.90 Å². The molecule has 27 heavy (non-hydrogen) atoms. The number of hydrogen-bond acceptors (Lipinski definition) is 7. The third-order valence-electron chi connectivity index (χ3n) is 4.58. The van der Waals surface area contributed by atoms with Crippen molar-refractivity contribution in [1.29, 1.82) is 0 Å². The smallest absolute Gasteiger partial charge is 0.240 e. The summed E-state index contributed by atoms with van der Waals surface area (Å²) >= 11 is 3.31. The fourth-order valence-corrected chi connectivity index (χ4v) is 4.95. The quantitative estimate of drug-likeness (QED) is 0.600. The Bertz CT molecular complexity index is 700. The SMILES string of the molecule is CCc1nc(CN2CCN(C(=O)C(CCSC)NS(=O)(=O)CC)CC2)cs1. The number of hydrogen-bond donors (Lipinski definition) is 1. The van der Waals surface area contributed by atoms with E-state index >= 15 is 0 Å². The number of carbonyl (C=O) groups excluding carboxylic acids is 1. The summed E-state index contributed by atoms with van der Waals surface area (Å²) in [5.74, 6) is 0.617. The first-order chi connectivity index (χ1) is 12.9. The minimum absolute atomic E-state index is 0.0167. The number of carbonyl (C=O) groups is 1. The summed E-state index contributed by atoms with van der Waals surface area (Å²) in [5, 5.41) is 3.26. The molecule has 0 aromatic carbocycles. The monoisotopic (exact) mass is 434 g/mol. The Morgan fingerprint density at radius 1 is 1.33 bits per heavy atom. The maximum absolute atomic E-state index is 12.9. The average molecular weight is 435 g/mol. The van der Waals surface area contributed by atoms with Crippen molar-refractivity contribution in [3.05, 3.63) is 16.1 Å². The predicted molar refractivity (Wildman–Crippen MR) is 113 cm³/mol. The van der Waals surface area contributed by atoms with Crippen LogP contribution in [-0.4, -0.2) is 79.1 Å². The molecule has 0 saturated carbocycles. The number of nitrogens with zero attached hydrogens (tertiary/aromatic N) is 3. The topological polar surface area (TPSA) is 82.6 Å². The van der Waals surface area contributed by atoms with Crippen LogP contribution in [0.15, 0.2) is 5.38 Å². The molecule has 0 bridgehead atoms. The van der Waals surface area contributed by atoms with Gasteiger partial charge in [-0.2, -0.15) is 11.8 Å². The lowest BCUT2D eigenvalue weighted by Crippen LogP contribution is -2.55. The number of piperazine rings is 1. The summed E-state index contributed by atoms with van der Waals surface area (Å²) in [4.78, 5) is 21.6.